The Morgan fingerprint density at radius 1 is 1.19 bits per heavy atom. The van der Waals surface area contributed by atoms with Crippen LogP contribution in [0.1, 0.15) is 30.7 Å². The molecule has 5 aliphatic rings. The topological polar surface area (TPSA) is 51.2 Å². The van der Waals surface area contributed by atoms with E-state index in [1.165, 1.54) is 38.6 Å². The predicted octanol–water partition coefficient (Wildman–Crippen LogP) is 1.84. The summed E-state index contributed by atoms with van der Waals surface area (Å²) in [6, 6.07) is 7.50. The zero-order chi connectivity index (χ0) is 17.7. The fourth-order valence-electron chi connectivity index (χ4n) is 5.57. The van der Waals surface area contributed by atoms with E-state index < -0.39 is 0 Å². The largest absolute Gasteiger partial charge is 0.469 e. The van der Waals surface area contributed by atoms with Crippen molar-refractivity contribution < 1.29 is 19.0 Å². The standard InChI is InChI=1S/C20H26N2O4/c1-24-18(23)6-9-22-11-15(14-2-3-16-17(10-14)26-12-25-16)20-19(22)13-4-7-21(20)8-5-13/h2-3,10,13,15,19-20H,4-9,11-12H2,1H3/t15-,19+,20+/m1/s1. The molecular formula is C20H26N2O4. The lowest BCUT2D eigenvalue weighted by molar-refractivity contribution is -0.141. The van der Waals surface area contributed by atoms with E-state index in [0.717, 1.165) is 30.5 Å². The molecule has 0 amide bonds. The lowest BCUT2D eigenvalue weighted by Gasteiger charge is -2.51. The number of rotatable bonds is 4. The van der Waals surface area contributed by atoms with Gasteiger partial charge in [-0.15, -0.1) is 0 Å². The van der Waals surface area contributed by atoms with Gasteiger partial charge in [0.2, 0.25) is 6.79 Å². The summed E-state index contributed by atoms with van der Waals surface area (Å²) >= 11 is 0. The van der Waals surface area contributed by atoms with Gasteiger partial charge in [-0.1, -0.05) is 6.07 Å². The van der Waals surface area contributed by atoms with Crippen LogP contribution < -0.4 is 9.47 Å². The molecule has 5 aliphatic heterocycles. The normalized spacial score (nSPS) is 34.7. The fraction of sp³-hybridized carbons (Fsp3) is 0.650. The van der Waals surface area contributed by atoms with Crippen LogP contribution in [-0.4, -0.2) is 67.9 Å². The number of benzene rings is 1. The Morgan fingerprint density at radius 2 is 2.00 bits per heavy atom. The van der Waals surface area contributed by atoms with Crippen molar-refractivity contribution in [2.24, 2.45) is 5.92 Å². The highest BCUT2D eigenvalue weighted by molar-refractivity contribution is 5.69. The monoisotopic (exact) mass is 358 g/mol. The molecule has 0 radical (unpaired) electrons. The number of nitrogens with zero attached hydrogens (tertiary/aromatic N) is 2. The minimum Gasteiger partial charge on any atom is -0.469 e. The van der Waals surface area contributed by atoms with Gasteiger partial charge in [0.05, 0.1) is 13.5 Å². The van der Waals surface area contributed by atoms with Gasteiger partial charge in [0.25, 0.3) is 0 Å². The van der Waals surface area contributed by atoms with E-state index in [1.54, 1.807) is 0 Å². The number of methoxy groups -OCH3 is 1. The van der Waals surface area contributed by atoms with Gasteiger partial charge >= 0.3 is 5.97 Å². The number of carbonyl (C=O) groups excluding carboxylic acids is 1. The lowest BCUT2D eigenvalue weighted by Crippen LogP contribution is -2.60. The second kappa shape index (κ2) is 6.43. The second-order valence-corrected chi connectivity index (χ2v) is 7.89. The summed E-state index contributed by atoms with van der Waals surface area (Å²) in [7, 11) is 1.47. The first-order chi connectivity index (χ1) is 12.7. The third-order valence-corrected chi connectivity index (χ3v) is 6.75. The number of carbonyl (C=O) groups is 1. The van der Waals surface area contributed by atoms with E-state index in [0.29, 0.717) is 31.2 Å². The average Bonchev–Trinajstić information content (AvgIpc) is 3.32. The molecular weight excluding hydrogens is 332 g/mol. The first-order valence-electron chi connectivity index (χ1n) is 9.69. The molecule has 140 valence electrons. The molecule has 0 spiro atoms. The van der Waals surface area contributed by atoms with Crippen molar-refractivity contribution in [2.75, 3.05) is 40.1 Å². The number of esters is 1. The molecule has 6 nitrogen and oxygen atoms in total. The Bertz CT molecular complexity index is 701. The minimum atomic E-state index is -0.116. The molecule has 4 saturated heterocycles. The van der Waals surface area contributed by atoms with Crippen molar-refractivity contribution in [2.45, 2.75) is 37.3 Å². The zero-order valence-electron chi connectivity index (χ0n) is 15.2. The maximum Gasteiger partial charge on any atom is 0.306 e. The van der Waals surface area contributed by atoms with E-state index in [1.807, 2.05) is 6.07 Å². The quantitative estimate of drug-likeness (QED) is 0.766. The number of ether oxygens (including phenoxy) is 3. The summed E-state index contributed by atoms with van der Waals surface area (Å²) in [5.74, 6) is 2.80. The second-order valence-electron chi connectivity index (χ2n) is 7.89. The number of hydrogen-bond donors (Lipinski definition) is 0. The van der Waals surface area contributed by atoms with Crippen LogP contribution in [0.2, 0.25) is 0 Å². The summed E-state index contributed by atoms with van der Waals surface area (Å²) in [4.78, 5) is 16.9. The summed E-state index contributed by atoms with van der Waals surface area (Å²) in [6.45, 7) is 4.52. The van der Waals surface area contributed by atoms with Gasteiger partial charge in [-0.2, -0.15) is 0 Å². The predicted molar refractivity (Wildman–Crippen MR) is 95.4 cm³/mol. The molecule has 3 atom stereocenters. The minimum absolute atomic E-state index is 0.116. The molecule has 0 aromatic heterocycles. The Balaban J connectivity index is 1.43. The average molecular weight is 358 g/mol. The van der Waals surface area contributed by atoms with Crippen LogP contribution in [-0.2, 0) is 9.53 Å². The first-order valence-corrected chi connectivity index (χ1v) is 9.69. The van der Waals surface area contributed by atoms with Crippen LogP contribution >= 0.6 is 0 Å². The van der Waals surface area contributed by atoms with E-state index in [2.05, 4.69) is 21.9 Å². The molecule has 26 heavy (non-hydrogen) atoms. The van der Waals surface area contributed by atoms with Crippen molar-refractivity contribution in [3.63, 3.8) is 0 Å². The van der Waals surface area contributed by atoms with Crippen molar-refractivity contribution >= 4 is 5.97 Å². The molecule has 0 saturated carbocycles. The lowest BCUT2D eigenvalue weighted by atomic mass is 9.75. The van der Waals surface area contributed by atoms with Crippen molar-refractivity contribution in [1.29, 1.82) is 0 Å². The van der Waals surface area contributed by atoms with Crippen LogP contribution in [0.3, 0.4) is 0 Å². The van der Waals surface area contributed by atoms with Gasteiger partial charge in [0.1, 0.15) is 0 Å². The Hall–Kier alpha value is -1.79. The van der Waals surface area contributed by atoms with E-state index in [4.69, 9.17) is 14.2 Å². The highest BCUT2D eigenvalue weighted by Crippen LogP contribution is 2.47. The highest BCUT2D eigenvalue weighted by Gasteiger charge is 2.53. The van der Waals surface area contributed by atoms with Gasteiger partial charge < -0.3 is 14.2 Å². The zero-order valence-corrected chi connectivity index (χ0v) is 15.2. The van der Waals surface area contributed by atoms with Gasteiger partial charge in [-0.3, -0.25) is 14.6 Å². The van der Waals surface area contributed by atoms with E-state index in [-0.39, 0.29) is 5.97 Å². The van der Waals surface area contributed by atoms with Crippen molar-refractivity contribution in [3.8, 4) is 11.5 Å². The van der Waals surface area contributed by atoms with Gasteiger partial charge in [0, 0.05) is 31.1 Å². The van der Waals surface area contributed by atoms with Crippen LogP contribution in [0.4, 0.5) is 0 Å². The Labute approximate surface area is 154 Å². The van der Waals surface area contributed by atoms with E-state index >= 15 is 0 Å². The number of likely N-dealkylation sites (tertiary alicyclic amines) is 1. The third kappa shape index (κ3) is 2.58. The smallest absolute Gasteiger partial charge is 0.306 e. The molecule has 0 N–H and O–H groups in total. The molecule has 4 fully saturated rings. The maximum atomic E-state index is 11.7. The molecule has 0 unspecified atom stereocenters. The fourth-order valence-corrected chi connectivity index (χ4v) is 5.57. The summed E-state index contributed by atoms with van der Waals surface area (Å²) < 4.78 is 15.9. The molecule has 6 heteroatoms. The van der Waals surface area contributed by atoms with Crippen LogP contribution in [0.25, 0.3) is 0 Å². The molecule has 0 aliphatic carbocycles. The van der Waals surface area contributed by atoms with Gasteiger partial charge in [-0.05, 0) is 49.5 Å². The summed E-state index contributed by atoms with van der Waals surface area (Å²) in [5, 5.41) is 0. The number of fused-ring (bicyclic) bond motifs is 3. The molecule has 6 rings (SSSR count). The van der Waals surface area contributed by atoms with Gasteiger partial charge in [-0.25, -0.2) is 0 Å². The van der Waals surface area contributed by atoms with Crippen LogP contribution in [0.15, 0.2) is 18.2 Å². The SMILES string of the molecule is COC(=O)CCN1C[C@H](c2ccc3c(c2)OCO3)[C@H]2[C@@H]1C1CCN2CC1. The number of piperidine rings is 3. The molecule has 2 bridgehead atoms. The van der Waals surface area contributed by atoms with Crippen molar-refractivity contribution in [1.82, 2.24) is 9.80 Å². The molecule has 1 aromatic rings. The highest BCUT2D eigenvalue weighted by atomic mass is 16.7. The molecule has 5 heterocycles. The molecule has 1 aromatic carbocycles. The van der Waals surface area contributed by atoms with Crippen LogP contribution in [0, 0.1) is 5.92 Å². The van der Waals surface area contributed by atoms with E-state index in [9.17, 15) is 4.79 Å². The summed E-state index contributed by atoms with van der Waals surface area (Å²) in [5.41, 5.74) is 1.33. The van der Waals surface area contributed by atoms with Gasteiger partial charge in [0.15, 0.2) is 11.5 Å². The Morgan fingerprint density at radius 3 is 2.81 bits per heavy atom. The first kappa shape index (κ1) is 16.4. The number of hydrogen-bond acceptors (Lipinski definition) is 6. The van der Waals surface area contributed by atoms with Crippen LogP contribution in [0.5, 0.6) is 11.5 Å². The summed E-state index contributed by atoms with van der Waals surface area (Å²) in [6.07, 6.45) is 3.04. The Kier molecular flexibility index (Phi) is 4.05. The third-order valence-electron chi connectivity index (χ3n) is 6.75. The van der Waals surface area contributed by atoms with Crippen molar-refractivity contribution in [3.05, 3.63) is 23.8 Å². The maximum absolute atomic E-state index is 11.7.